The summed E-state index contributed by atoms with van der Waals surface area (Å²) in [6.45, 7) is 3.51. The van der Waals surface area contributed by atoms with Gasteiger partial charge in [0, 0.05) is 18.2 Å². The summed E-state index contributed by atoms with van der Waals surface area (Å²) in [6.07, 6.45) is 3.22. The topological polar surface area (TPSA) is 66.9 Å². The summed E-state index contributed by atoms with van der Waals surface area (Å²) in [7, 11) is 0. The van der Waals surface area contributed by atoms with Crippen LogP contribution in [-0.4, -0.2) is 21.9 Å². The molecule has 0 spiro atoms. The molecule has 0 saturated heterocycles. The van der Waals surface area contributed by atoms with Crippen LogP contribution >= 0.6 is 0 Å². The first kappa shape index (κ1) is 23.5. The fourth-order valence-corrected chi connectivity index (χ4v) is 4.90. The number of aryl methyl sites for hydroxylation is 1. The molecule has 2 aromatic rings. The highest BCUT2D eigenvalue weighted by Gasteiger charge is 2.33. The molecule has 2 aliphatic rings. The number of anilines is 1. The standard InChI is InChI=1S/C25H31F3N4O/c1-15-18(9-5-12-20(15)25(26,27)28)14-29-24-23(17-7-3-4-8-17)21(30-16(2)31-24)13-22(33)32-19-10-6-11-19/h5,9,12,17,19H,3-4,6-8,10-11,13-14H2,1-2H3,(H,32,33)(H,29,30,31). The van der Waals surface area contributed by atoms with Gasteiger partial charge in [0.15, 0.2) is 0 Å². The summed E-state index contributed by atoms with van der Waals surface area (Å²) in [5, 5.41) is 6.37. The first-order valence-corrected chi connectivity index (χ1v) is 11.8. The Balaban J connectivity index is 1.61. The first-order chi connectivity index (χ1) is 15.7. The predicted molar refractivity (Wildman–Crippen MR) is 121 cm³/mol. The molecule has 2 aliphatic carbocycles. The van der Waals surface area contributed by atoms with Crippen molar-refractivity contribution < 1.29 is 18.0 Å². The molecule has 2 N–H and O–H groups in total. The van der Waals surface area contributed by atoms with Crippen molar-refractivity contribution >= 4 is 11.7 Å². The lowest BCUT2D eigenvalue weighted by atomic mass is 9.92. The number of hydrogen-bond donors (Lipinski definition) is 2. The molecule has 1 aromatic heterocycles. The molecule has 178 valence electrons. The SMILES string of the molecule is Cc1nc(CC(=O)NC2CCC2)c(C2CCCC2)c(NCc2cccc(C(F)(F)F)c2C)n1. The van der Waals surface area contributed by atoms with E-state index in [4.69, 9.17) is 0 Å². The van der Waals surface area contributed by atoms with Crippen LogP contribution in [0.5, 0.6) is 0 Å². The maximum atomic E-state index is 13.3. The molecule has 4 rings (SSSR count). The number of carbonyl (C=O) groups is 1. The second-order valence-electron chi connectivity index (χ2n) is 9.27. The summed E-state index contributed by atoms with van der Waals surface area (Å²) in [5.74, 6) is 1.41. The lowest BCUT2D eigenvalue weighted by Gasteiger charge is -2.27. The molecular weight excluding hydrogens is 429 g/mol. The highest BCUT2D eigenvalue weighted by Crippen LogP contribution is 2.39. The lowest BCUT2D eigenvalue weighted by molar-refractivity contribution is -0.138. The van der Waals surface area contributed by atoms with Crippen LogP contribution in [0.1, 0.15) is 84.6 Å². The Morgan fingerprint density at radius 2 is 1.79 bits per heavy atom. The predicted octanol–water partition coefficient (Wildman–Crippen LogP) is 5.59. The van der Waals surface area contributed by atoms with Crippen molar-refractivity contribution in [2.24, 2.45) is 0 Å². The number of nitrogens with zero attached hydrogens (tertiary/aromatic N) is 2. The van der Waals surface area contributed by atoms with Gasteiger partial charge in [0.25, 0.3) is 0 Å². The minimum Gasteiger partial charge on any atom is -0.366 e. The van der Waals surface area contributed by atoms with Crippen LogP contribution in [0.15, 0.2) is 18.2 Å². The molecule has 33 heavy (non-hydrogen) atoms. The third kappa shape index (κ3) is 5.47. The molecule has 5 nitrogen and oxygen atoms in total. The monoisotopic (exact) mass is 460 g/mol. The van der Waals surface area contributed by atoms with E-state index in [9.17, 15) is 18.0 Å². The van der Waals surface area contributed by atoms with Gasteiger partial charge in [0.1, 0.15) is 11.6 Å². The quantitative estimate of drug-likeness (QED) is 0.565. The zero-order valence-electron chi connectivity index (χ0n) is 19.2. The minimum absolute atomic E-state index is 0.0308. The van der Waals surface area contributed by atoms with Gasteiger partial charge >= 0.3 is 6.18 Å². The van der Waals surface area contributed by atoms with Crippen molar-refractivity contribution in [3.8, 4) is 0 Å². The van der Waals surface area contributed by atoms with Crippen molar-refractivity contribution in [2.75, 3.05) is 5.32 Å². The number of carbonyl (C=O) groups excluding carboxylic acids is 1. The molecule has 1 heterocycles. The molecule has 0 bridgehead atoms. The second-order valence-corrected chi connectivity index (χ2v) is 9.27. The zero-order valence-corrected chi connectivity index (χ0v) is 19.2. The van der Waals surface area contributed by atoms with E-state index in [1.54, 1.807) is 13.0 Å². The molecule has 1 amide bonds. The highest BCUT2D eigenvalue weighted by atomic mass is 19.4. The van der Waals surface area contributed by atoms with Crippen molar-refractivity contribution in [1.82, 2.24) is 15.3 Å². The molecule has 0 atom stereocenters. The molecule has 2 saturated carbocycles. The van der Waals surface area contributed by atoms with E-state index >= 15 is 0 Å². The second kappa shape index (κ2) is 9.69. The Kier molecular flexibility index (Phi) is 6.91. The van der Waals surface area contributed by atoms with Gasteiger partial charge < -0.3 is 10.6 Å². The molecule has 2 fully saturated rings. The summed E-state index contributed by atoms with van der Waals surface area (Å²) in [4.78, 5) is 21.9. The lowest BCUT2D eigenvalue weighted by Crippen LogP contribution is -2.40. The fourth-order valence-electron chi connectivity index (χ4n) is 4.90. The van der Waals surface area contributed by atoms with E-state index < -0.39 is 11.7 Å². The summed E-state index contributed by atoms with van der Waals surface area (Å²) >= 11 is 0. The van der Waals surface area contributed by atoms with E-state index in [1.165, 1.54) is 13.0 Å². The number of aromatic nitrogens is 2. The number of rotatable bonds is 7. The Morgan fingerprint density at radius 3 is 2.42 bits per heavy atom. The van der Waals surface area contributed by atoms with Crippen LogP contribution in [0.25, 0.3) is 0 Å². The third-order valence-corrected chi connectivity index (χ3v) is 6.90. The van der Waals surface area contributed by atoms with Gasteiger partial charge in [-0.05, 0) is 69.1 Å². The van der Waals surface area contributed by atoms with Gasteiger partial charge in [-0.25, -0.2) is 9.97 Å². The Labute approximate surface area is 192 Å². The van der Waals surface area contributed by atoms with Crippen LogP contribution in [0.3, 0.4) is 0 Å². The van der Waals surface area contributed by atoms with Gasteiger partial charge in [-0.15, -0.1) is 0 Å². The fraction of sp³-hybridized carbons (Fsp3) is 0.560. The van der Waals surface area contributed by atoms with Crippen molar-refractivity contribution in [1.29, 1.82) is 0 Å². The van der Waals surface area contributed by atoms with E-state index in [0.29, 0.717) is 17.2 Å². The van der Waals surface area contributed by atoms with Crippen LogP contribution in [0.4, 0.5) is 19.0 Å². The van der Waals surface area contributed by atoms with Crippen LogP contribution < -0.4 is 10.6 Å². The number of nitrogens with one attached hydrogen (secondary N) is 2. The number of benzene rings is 1. The Hall–Kier alpha value is -2.64. The van der Waals surface area contributed by atoms with Crippen molar-refractivity contribution in [2.45, 2.75) is 89.9 Å². The molecule has 8 heteroatoms. The smallest absolute Gasteiger partial charge is 0.366 e. The van der Waals surface area contributed by atoms with Gasteiger partial charge in [-0.2, -0.15) is 13.2 Å². The van der Waals surface area contributed by atoms with E-state index in [-0.39, 0.29) is 36.4 Å². The van der Waals surface area contributed by atoms with E-state index in [1.807, 2.05) is 0 Å². The van der Waals surface area contributed by atoms with Gasteiger partial charge in [0.05, 0.1) is 17.7 Å². The Bertz CT molecular complexity index is 1010. The zero-order chi connectivity index (χ0) is 23.6. The van der Waals surface area contributed by atoms with Crippen LogP contribution in [-0.2, 0) is 23.9 Å². The first-order valence-electron chi connectivity index (χ1n) is 11.8. The molecule has 1 aromatic carbocycles. The van der Waals surface area contributed by atoms with Gasteiger partial charge in [-0.1, -0.05) is 25.0 Å². The molecule has 0 aliphatic heterocycles. The summed E-state index contributed by atoms with van der Waals surface area (Å²) in [6, 6.07) is 4.51. The Morgan fingerprint density at radius 1 is 1.06 bits per heavy atom. The largest absolute Gasteiger partial charge is 0.416 e. The highest BCUT2D eigenvalue weighted by molar-refractivity contribution is 5.79. The number of alkyl halides is 3. The van der Waals surface area contributed by atoms with E-state index in [2.05, 4.69) is 20.6 Å². The summed E-state index contributed by atoms with van der Waals surface area (Å²) < 4.78 is 40.0. The van der Waals surface area contributed by atoms with Gasteiger partial charge in [0.2, 0.25) is 5.91 Å². The minimum atomic E-state index is -4.39. The number of amides is 1. The van der Waals surface area contributed by atoms with Gasteiger partial charge in [-0.3, -0.25) is 4.79 Å². The average molecular weight is 461 g/mol. The number of hydrogen-bond acceptors (Lipinski definition) is 4. The van der Waals surface area contributed by atoms with Crippen LogP contribution in [0.2, 0.25) is 0 Å². The molecule has 0 unspecified atom stereocenters. The molecular formula is C25H31F3N4O. The average Bonchev–Trinajstić information content (AvgIpc) is 3.23. The third-order valence-electron chi connectivity index (χ3n) is 6.90. The normalized spacial score (nSPS) is 17.1. The maximum Gasteiger partial charge on any atom is 0.416 e. The van der Waals surface area contributed by atoms with Crippen molar-refractivity contribution in [3.63, 3.8) is 0 Å². The van der Waals surface area contributed by atoms with Crippen LogP contribution in [0, 0.1) is 13.8 Å². The summed E-state index contributed by atoms with van der Waals surface area (Å²) in [5.41, 5.74) is 1.85. The van der Waals surface area contributed by atoms with Crippen molar-refractivity contribution in [3.05, 3.63) is 52.0 Å². The maximum absolute atomic E-state index is 13.3. The van der Waals surface area contributed by atoms with E-state index in [0.717, 1.165) is 62.3 Å². The number of halogens is 3. The molecule has 0 radical (unpaired) electrons.